The molecule has 0 amide bonds. The van der Waals surface area contributed by atoms with Crippen LogP contribution in [0.1, 0.15) is 39.5 Å². The molecule has 2 nitrogen and oxygen atoms in total. The van der Waals surface area contributed by atoms with Crippen molar-refractivity contribution >= 4 is 0 Å². The zero-order chi connectivity index (χ0) is 12.6. The van der Waals surface area contributed by atoms with Crippen molar-refractivity contribution in [2.45, 2.75) is 51.8 Å². The van der Waals surface area contributed by atoms with E-state index in [1.807, 2.05) is 6.92 Å². The summed E-state index contributed by atoms with van der Waals surface area (Å²) in [5.41, 5.74) is 5.04. The molecule has 2 unspecified atom stereocenters. The topological polar surface area (TPSA) is 35.2 Å². The highest BCUT2D eigenvalue weighted by molar-refractivity contribution is 4.69. The van der Waals surface area contributed by atoms with E-state index < -0.39 is 18.8 Å². The van der Waals surface area contributed by atoms with Crippen LogP contribution < -0.4 is 5.73 Å². The molecular weight excluding hydrogens is 219 g/mol. The molecule has 0 heterocycles. The minimum Gasteiger partial charge on any atom is -0.367 e. The SMILES string of the molecule is CCCCC(CC)COC(CN)C(F)(F)F. The number of ether oxygens (including phenoxy) is 1. The Morgan fingerprint density at radius 1 is 1.25 bits per heavy atom. The molecule has 0 bridgehead atoms. The van der Waals surface area contributed by atoms with Gasteiger partial charge in [-0.15, -0.1) is 0 Å². The lowest BCUT2D eigenvalue weighted by Gasteiger charge is -2.22. The second kappa shape index (κ2) is 7.90. The van der Waals surface area contributed by atoms with E-state index in [4.69, 9.17) is 10.5 Å². The third kappa shape index (κ3) is 6.33. The van der Waals surface area contributed by atoms with Crippen LogP contribution in [0.3, 0.4) is 0 Å². The molecule has 2 N–H and O–H groups in total. The lowest BCUT2D eigenvalue weighted by Crippen LogP contribution is -2.39. The first-order chi connectivity index (χ1) is 7.45. The number of halogens is 3. The van der Waals surface area contributed by atoms with E-state index in [0.29, 0.717) is 0 Å². The summed E-state index contributed by atoms with van der Waals surface area (Å²) in [5.74, 6) is 0.205. The smallest absolute Gasteiger partial charge is 0.367 e. The van der Waals surface area contributed by atoms with Gasteiger partial charge in [0.25, 0.3) is 0 Å². The first-order valence-corrected chi connectivity index (χ1v) is 5.84. The maximum absolute atomic E-state index is 12.3. The number of hydrogen-bond donors (Lipinski definition) is 1. The van der Waals surface area contributed by atoms with Crippen LogP contribution in [-0.4, -0.2) is 25.4 Å². The van der Waals surface area contributed by atoms with Crippen LogP contribution in [-0.2, 0) is 4.74 Å². The van der Waals surface area contributed by atoms with Gasteiger partial charge >= 0.3 is 6.18 Å². The molecule has 98 valence electrons. The van der Waals surface area contributed by atoms with Gasteiger partial charge in [0.1, 0.15) is 0 Å². The Hall–Kier alpha value is -0.290. The van der Waals surface area contributed by atoms with Gasteiger partial charge in [-0.2, -0.15) is 13.2 Å². The van der Waals surface area contributed by atoms with Gasteiger partial charge in [-0.1, -0.05) is 33.1 Å². The van der Waals surface area contributed by atoms with Gasteiger partial charge in [0.05, 0.1) is 6.61 Å². The van der Waals surface area contributed by atoms with Crippen LogP contribution >= 0.6 is 0 Å². The number of hydrogen-bond acceptors (Lipinski definition) is 2. The van der Waals surface area contributed by atoms with Gasteiger partial charge in [-0.3, -0.25) is 0 Å². The number of nitrogens with two attached hydrogens (primary N) is 1. The highest BCUT2D eigenvalue weighted by Gasteiger charge is 2.39. The van der Waals surface area contributed by atoms with Crippen LogP contribution in [0.5, 0.6) is 0 Å². The number of unbranched alkanes of at least 4 members (excludes halogenated alkanes) is 1. The molecule has 0 radical (unpaired) electrons. The molecule has 0 rings (SSSR count). The van der Waals surface area contributed by atoms with E-state index in [0.717, 1.165) is 25.7 Å². The van der Waals surface area contributed by atoms with Crippen LogP contribution in [0, 0.1) is 5.92 Å². The predicted molar refractivity (Wildman–Crippen MR) is 58.2 cm³/mol. The zero-order valence-corrected chi connectivity index (χ0v) is 10.0. The Morgan fingerprint density at radius 2 is 1.88 bits per heavy atom. The summed E-state index contributed by atoms with van der Waals surface area (Å²) >= 11 is 0. The van der Waals surface area contributed by atoms with Crippen molar-refractivity contribution in [2.75, 3.05) is 13.2 Å². The average molecular weight is 241 g/mol. The van der Waals surface area contributed by atoms with E-state index in [1.165, 1.54) is 0 Å². The third-order valence-electron chi connectivity index (χ3n) is 2.66. The van der Waals surface area contributed by atoms with E-state index in [-0.39, 0.29) is 12.5 Å². The molecule has 5 heteroatoms. The Morgan fingerprint density at radius 3 is 2.25 bits per heavy atom. The van der Waals surface area contributed by atoms with E-state index in [9.17, 15) is 13.2 Å². The van der Waals surface area contributed by atoms with Gasteiger partial charge in [0, 0.05) is 6.54 Å². The van der Waals surface area contributed by atoms with Crippen molar-refractivity contribution in [1.82, 2.24) is 0 Å². The van der Waals surface area contributed by atoms with Crippen molar-refractivity contribution in [3.63, 3.8) is 0 Å². The van der Waals surface area contributed by atoms with E-state index in [1.54, 1.807) is 0 Å². The third-order valence-corrected chi connectivity index (χ3v) is 2.66. The van der Waals surface area contributed by atoms with Crippen LogP contribution in [0.25, 0.3) is 0 Å². The summed E-state index contributed by atoms with van der Waals surface area (Å²) in [6, 6.07) is 0. The van der Waals surface area contributed by atoms with Crippen molar-refractivity contribution < 1.29 is 17.9 Å². The summed E-state index contributed by atoms with van der Waals surface area (Å²) in [7, 11) is 0. The quantitative estimate of drug-likeness (QED) is 0.708. The maximum Gasteiger partial charge on any atom is 0.415 e. The van der Waals surface area contributed by atoms with Gasteiger partial charge < -0.3 is 10.5 Å². The van der Waals surface area contributed by atoms with Crippen LogP contribution in [0.4, 0.5) is 13.2 Å². The molecule has 0 aliphatic heterocycles. The van der Waals surface area contributed by atoms with E-state index in [2.05, 4.69) is 6.92 Å². The Bertz CT molecular complexity index is 173. The molecule has 0 aliphatic rings. The average Bonchev–Trinajstić information content (AvgIpc) is 2.21. The molecule has 0 fully saturated rings. The van der Waals surface area contributed by atoms with Crippen LogP contribution in [0.2, 0.25) is 0 Å². The molecular formula is C11H22F3NO. The van der Waals surface area contributed by atoms with Gasteiger partial charge in [0.15, 0.2) is 6.10 Å². The number of rotatable bonds is 8. The maximum atomic E-state index is 12.3. The fraction of sp³-hybridized carbons (Fsp3) is 1.00. The molecule has 0 saturated heterocycles. The highest BCUT2D eigenvalue weighted by atomic mass is 19.4. The Balaban J connectivity index is 3.98. The first-order valence-electron chi connectivity index (χ1n) is 5.84. The Kier molecular flexibility index (Phi) is 7.76. The molecule has 0 aliphatic carbocycles. The molecule has 2 atom stereocenters. The molecule has 0 saturated carbocycles. The van der Waals surface area contributed by atoms with Gasteiger partial charge in [0.2, 0.25) is 0 Å². The zero-order valence-electron chi connectivity index (χ0n) is 10.0. The van der Waals surface area contributed by atoms with Crippen molar-refractivity contribution in [2.24, 2.45) is 11.7 Å². The fourth-order valence-electron chi connectivity index (χ4n) is 1.45. The largest absolute Gasteiger partial charge is 0.415 e. The van der Waals surface area contributed by atoms with E-state index >= 15 is 0 Å². The second-order valence-corrected chi connectivity index (χ2v) is 4.02. The molecule has 16 heavy (non-hydrogen) atoms. The van der Waals surface area contributed by atoms with Crippen molar-refractivity contribution in [3.05, 3.63) is 0 Å². The van der Waals surface area contributed by atoms with Crippen molar-refractivity contribution in [1.29, 1.82) is 0 Å². The molecule has 0 aromatic heterocycles. The van der Waals surface area contributed by atoms with Gasteiger partial charge in [-0.25, -0.2) is 0 Å². The molecule has 0 aromatic carbocycles. The van der Waals surface area contributed by atoms with Gasteiger partial charge in [-0.05, 0) is 12.3 Å². The summed E-state index contributed by atoms with van der Waals surface area (Å²) in [4.78, 5) is 0. The summed E-state index contributed by atoms with van der Waals surface area (Å²) < 4.78 is 41.8. The monoisotopic (exact) mass is 241 g/mol. The molecule has 0 spiro atoms. The second-order valence-electron chi connectivity index (χ2n) is 4.02. The first kappa shape index (κ1) is 15.7. The lowest BCUT2D eigenvalue weighted by molar-refractivity contribution is -0.219. The fourth-order valence-corrected chi connectivity index (χ4v) is 1.45. The van der Waals surface area contributed by atoms with Crippen LogP contribution in [0.15, 0.2) is 0 Å². The highest BCUT2D eigenvalue weighted by Crippen LogP contribution is 2.23. The minimum atomic E-state index is -4.35. The molecule has 0 aromatic rings. The summed E-state index contributed by atoms with van der Waals surface area (Å²) in [6.07, 6.45) is -2.32. The summed E-state index contributed by atoms with van der Waals surface area (Å²) in [5, 5.41) is 0. The normalized spacial score (nSPS) is 16.1. The van der Waals surface area contributed by atoms with Crippen molar-refractivity contribution in [3.8, 4) is 0 Å². The Labute approximate surface area is 95.3 Å². The lowest BCUT2D eigenvalue weighted by atomic mass is 10.0. The minimum absolute atomic E-state index is 0.151. The number of alkyl halides is 3. The summed E-state index contributed by atoms with van der Waals surface area (Å²) in [6.45, 7) is 3.67. The standard InChI is InChI=1S/C11H22F3NO/c1-3-5-6-9(4-2)8-16-10(7-15)11(12,13)14/h9-10H,3-8,15H2,1-2H3. The predicted octanol–water partition coefficient (Wildman–Crippen LogP) is 3.11.